The highest BCUT2D eigenvalue weighted by atomic mass is 32.2. The molecule has 2 aromatic carbocycles. The van der Waals surface area contributed by atoms with Crippen LogP contribution in [0.4, 0.5) is 11.4 Å². The van der Waals surface area contributed by atoms with Crippen molar-refractivity contribution < 1.29 is 17.9 Å². The molecule has 0 radical (unpaired) electrons. The molecule has 0 unspecified atom stereocenters. The van der Waals surface area contributed by atoms with Crippen LogP contribution < -0.4 is 14.4 Å². The lowest BCUT2D eigenvalue weighted by atomic mass is 10.1. The summed E-state index contributed by atoms with van der Waals surface area (Å²) in [6.45, 7) is 5.55. The molecule has 0 saturated heterocycles. The molecule has 0 aliphatic heterocycles. The molecule has 0 aliphatic carbocycles. The third-order valence-electron chi connectivity index (χ3n) is 4.03. The molecule has 26 heavy (non-hydrogen) atoms. The molecular formula is C19H24N2O4S. The Labute approximate surface area is 154 Å². The number of amides is 1. The summed E-state index contributed by atoms with van der Waals surface area (Å²) in [6, 6.07) is 12.4. The van der Waals surface area contributed by atoms with Crippen molar-refractivity contribution in [3.8, 4) is 5.75 Å². The summed E-state index contributed by atoms with van der Waals surface area (Å²) in [5, 5.41) is 2.87. The van der Waals surface area contributed by atoms with Crippen molar-refractivity contribution in [2.24, 2.45) is 0 Å². The smallest absolute Gasteiger partial charge is 0.265 e. The molecule has 2 rings (SSSR count). The van der Waals surface area contributed by atoms with Gasteiger partial charge in [0, 0.05) is 12.7 Å². The highest BCUT2D eigenvalue weighted by molar-refractivity contribution is 7.92. The van der Waals surface area contributed by atoms with Crippen LogP contribution in [0.15, 0.2) is 42.5 Å². The van der Waals surface area contributed by atoms with Gasteiger partial charge in [0.15, 0.2) is 6.10 Å². The molecule has 0 aromatic heterocycles. The van der Waals surface area contributed by atoms with Gasteiger partial charge in [-0.25, -0.2) is 8.42 Å². The van der Waals surface area contributed by atoms with Crippen LogP contribution in [0.5, 0.6) is 5.75 Å². The fourth-order valence-electron chi connectivity index (χ4n) is 2.29. The summed E-state index contributed by atoms with van der Waals surface area (Å²) in [5.74, 6) is 0.232. The van der Waals surface area contributed by atoms with Gasteiger partial charge in [-0.1, -0.05) is 12.1 Å². The predicted molar refractivity (Wildman–Crippen MR) is 104 cm³/mol. The highest BCUT2D eigenvalue weighted by Crippen LogP contribution is 2.22. The lowest BCUT2D eigenvalue weighted by Gasteiger charge is -2.18. The predicted octanol–water partition coefficient (Wildman–Crippen LogP) is 3.11. The number of hydrogen-bond acceptors (Lipinski definition) is 4. The molecule has 0 spiro atoms. The maximum Gasteiger partial charge on any atom is 0.265 e. The first-order chi connectivity index (χ1) is 12.1. The second-order valence-corrected chi connectivity index (χ2v) is 8.31. The normalized spacial score (nSPS) is 12.3. The average molecular weight is 376 g/mol. The number of rotatable bonds is 6. The van der Waals surface area contributed by atoms with Crippen LogP contribution in [0.3, 0.4) is 0 Å². The van der Waals surface area contributed by atoms with Gasteiger partial charge >= 0.3 is 0 Å². The summed E-state index contributed by atoms with van der Waals surface area (Å²) in [7, 11) is -1.84. The number of benzene rings is 2. The second kappa shape index (κ2) is 7.78. The molecule has 140 valence electrons. The first-order valence-corrected chi connectivity index (χ1v) is 10.0. The number of carbonyl (C=O) groups is 1. The number of nitrogens with one attached hydrogen (secondary N) is 1. The SMILES string of the molecule is Cc1ccc(C)c(NC(=O)[C@H](C)Oc2ccc(N(C)S(C)(=O)=O)cc2)c1. The lowest BCUT2D eigenvalue weighted by molar-refractivity contribution is -0.122. The van der Waals surface area contributed by atoms with Gasteiger partial charge in [0.05, 0.1) is 11.9 Å². The van der Waals surface area contributed by atoms with Crippen LogP contribution in [-0.4, -0.2) is 33.7 Å². The first kappa shape index (κ1) is 19.8. The minimum Gasteiger partial charge on any atom is -0.481 e. The molecule has 1 atom stereocenters. The molecule has 7 heteroatoms. The van der Waals surface area contributed by atoms with E-state index < -0.39 is 16.1 Å². The lowest BCUT2D eigenvalue weighted by Crippen LogP contribution is -2.30. The van der Waals surface area contributed by atoms with E-state index in [9.17, 15) is 13.2 Å². The van der Waals surface area contributed by atoms with Crippen LogP contribution in [0.2, 0.25) is 0 Å². The number of hydrogen-bond donors (Lipinski definition) is 1. The van der Waals surface area contributed by atoms with Gasteiger partial charge in [0.25, 0.3) is 5.91 Å². The highest BCUT2D eigenvalue weighted by Gasteiger charge is 2.17. The van der Waals surface area contributed by atoms with Crippen LogP contribution in [0.25, 0.3) is 0 Å². The van der Waals surface area contributed by atoms with E-state index in [1.165, 1.54) is 11.4 Å². The molecule has 0 bridgehead atoms. The van der Waals surface area contributed by atoms with E-state index in [0.29, 0.717) is 11.4 Å². The number of ether oxygens (including phenoxy) is 1. The van der Waals surface area contributed by atoms with Crippen molar-refractivity contribution in [1.82, 2.24) is 0 Å². The Bertz CT molecular complexity index is 892. The average Bonchev–Trinajstić information content (AvgIpc) is 2.57. The Morgan fingerprint density at radius 3 is 2.31 bits per heavy atom. The molecular weight excluding hydrogens is 352 g/mol. The molecule has 6 nitrogen and oxygen atoms in total. The van der Waals surface area contributed by atoms with Gasteiger partial charge in [0.2, 0.25) is 10.0 Å². The second-order valence-electron chi connectivity index (χ2n) is 6.29. The van der Waals surface area contributed by atoms with Crippen molar-refractivity contribution in [1.29, 1.82) is 0 Å². The van der Waals surface area contributed by atoms with Crippen molar-refractivity contribution in [3.63, 3.8) is 0 Å². The van der Waals surface area contributed by atoms with E-state index in [-0.39, 0.29) is 5.91 Å². The molecule has 2 aromatic rings. The van der Waals surface area contributed by atoms with Crippen LogP contribution in [0, 0.1) is 13.8 Å². The third-order valence-corrected chi connectivity index (χ3v) is 5.24. The van der Waals surface area contributed by atoms with Crippen LogP contribution in [-0.2, 0) is 14.8 Å². The van der Waals surface area contributed by atoms with Gasteiger partial charge in [-0.2, -0.15) is 0 Å². The minimum atomic E-state index is -3.32. The van der Waals surface area contributed by atoms with Crippen molar-refractivity contribution in [2.45, 2.75) is 26.9 Å². The molecule has 0 aliphatic rings. The van der Waals surface area contributed by atoms with E-state index in [2.05, 4.69) is 5.32 Å². The Morgan fingerprint density at radius 2 is 1.73 bits per heavy atom. The van der Waals surface area contributed by atoms with Crippen molar-refractivity contribution in [2.75, 3.05) is 22.9 Å². The minimum absolute atomic E-state index is 0.254. The summed E-state index contributed by atoms with van der Waals surface area (Å²) in [5.41, 5.74) is 3.32. The van der Waals surface area contributed by atoms with E-state index in [1.807, 2.05) is 32.0 Å². The zero-order valence-electron chi connectivity index (χ0n) is 15.6. The van der Waals surface area contributed by atoms with E-state index in [4.69, 9.17) is 4.74 Å². The summed E-state index contributed by atoms with van der Waals surface area (Å²) in [6.07, 6.45) is 0.435. The Balaban J connectivity index is 2.04. The largest absolute Gasteiger partial charge is 0.481 e. The first-order valence-electron chi connectivity index (χ1n) is 8.16. The van der Waals surface area contributed by atoms with Crippen molar-refractivity contribution in [3.05, 3.63) is 53.6 Å². The van der Waals surface area contributed by atoms with Gasteiger partial charge < -0.3 is 10.1 Å². The fourth-order valence-corrected chi connectivity index (χ4v) is 2.79. The van der Waals surface area contributed by atoms with Gasteiger partial charge in [-0.3, -0.25) is 9.10 Å². The monoisotopic (exact) mass is 376 g/mol. The third kappa shape index (κ3) is 4.98. The van der Waals surface area contributed by atoms with Gasteiger partial charge in [-0.05, 0) is 62.2 Å². The topological polar surface area (TPSA) is 75.7 Å². The van der Waals surface area contributed by atoms with Crippen LogP contribution in [0.1, 0.15) is 18.1 Å². The standard InChI is InChI=1S/C19H24N2O4S/c1-13-6-7-14(2)18(12-13)20-19(22)15(3)25-17-10-8-16(9-11-17)21(4)26(5,23)24/h6-12,15H,1-5H3,(H,20,22)/t15-/m0/s1. The number of sulfonamides is 1. The molecule has 0 saturated carbocycles. The summed E-state index contributed by atoms with van der Waals surface area (Å²) in [4.78, 5) is 12.4. The quantitative estimate of drug-likeness (QED) is 0.840. The molecule has 1 amide bonds. The van der Waals surface area contributed by atoms with Crippen LogP contribution >= 0.6 is 0 Å². The Morgan fingerprint density at radius 1 is 1.12 bits per heavy atom. The zero-order chi connectivity index (χ0) is 19.5. The van der Waals surface area contributed by atoms with E-state index in [1.54, 1.807) is 31.2 Å². The maximum atomic E-state index is 12.4. The Hall–Kier alpha value is -2.54. The maximum absolute atomic E-state index is 12.4. The number of aryl methyl sites for hydroxylation is 2. The van der Waals surface area contributed by atoms with Gasteiger partial charge in [0.1, 0.15) is 5.75 Å². The van der Waals surface area contributed by atoms with E-state index in [0.717, 1.165) is 23.1 Å². The Kier molecular flexibility index (Phi) is 5.92. The molecule has 1 N–H and O–H groups in total. The zero-order valence-corrected chi connectivity index (χ0v) is 16.4. The van der Waals surface area contributed by atoms with E-state index >= 15 is 0 Å². The number of nitrogens with zero attached hydrogens (tertiary/aromatic N) is 1. The van der Waals surface area contributed by atoms with Gasteiger partial charge in [-0.15, -0.1) is 0 Å². The summed E-state index contributed by atoms with van der Waals surface area (Å²) >= 11 is 0. The molecule has 0 fully saturated rings. The number of anilines is 2. The fraction of sp³-hybridized carbons (Fsp3) is 0.316. The molecule has 0 heterocycles. The number of carbonyl (C=O) groups excluding carboxylic acids is 1. The van der Waals surface area contributed by atoms with Crippen molar-refractivity contribution >= 4 is 27.3 Å². The summed E-state index contributed by atoms with van der Waals surface area (Å²) < 4.78 is 29.9.